The van der Waals surface area contributed by atoms with E-state index in [0.717, 1.165) is 11.0 Å². The zero-order chi connectivity index (χ0) is 21.8. The predicted molar refractivity (Wildman–Crippen MR) is 112 cm³/mol. The molecule has 8 heteroatoms. The molecular weight excluding hydrogens is 399 g/mol. The second kappa shape index (κ2) is 8.74. The molecule has 0 unspecified atom stereocenters. The van der Waals surface area contributed by atoms with Gasteiger partial charge in [0.25, 0.3) is 5.91 Å². The summed E-state index contributed by atoms with van der Waals surface area (Å²) in [6, 6.07) is 15.6. The minimum atomic E-state index is -0.661. The van der Waals surface area contributed by atoms with Gasteiger partial charge in [-0.25, -0.2) is 19.2 Å². The SMILES string of the molecule is Cc1ccc(CNC(=O)COC(=O)c2ccc(-n3cnc4ccccc43)nc2)cc1F. The molecule has 2 aromatic heterocycles. The molecule has 2 heterocycles. The fourth-order valence-corrected chi connectivity index (χ4v) is 3.00. The number of ether oxygens (including phenoxy) is 1. The third-order valence-corrected chi connectivity index (χ3v) is 4.74. The number of nitrogens with zero attached hydrogens (tertiary/aromatic N) is 3. The van der Waals surface area contributed by atoms with Gasteiger partial charge >= 0.3 is 5.97 Å². The molecule has 0 bridgehead atoms. The van der Waals surface area contributed by atoms with Gasteiger partial charge in [-0.3, -0.25) is 9.36 Å². The number of rotatable bonds is 6. The molecule has 0 aliphatic carbocycles. The molecule has 0 saturated carbocycles. The van der Waals surface area contributed by atoms with Crippen LogP contribution in [0.15, 0.2) is 67.1 Å². The predicted octanol–water partition coefficient (Wildman–Crippen LogP) is 3.34. The first kappa shape index (κ1) is 20.2. The van der Waals surface area contributed by atoms with Crippen LogP contribution in [0.25, 0.3) is 16.9 Å². The number of aromatic nitrogens is 3. The lowest BCUT2D eigenvalue weighted by molar-refractivity contribution is -0.124. The number of carbonyl (C=O) groups excluding carboxylic acids is 2. The molecule has 0 aliphatic heterocycles. The van der Waals surface area contributed by atoms with Crippen molar-refractivity contribution in [2.24, 2.45) is 0 Å². The van der Waals surface area contributed by atoms with Crippen LogP contribution in [0.4, 0.5) is 4.39 Å². The van der Waals surface area contributed by atoms with Gasteiger partial charge in [0, 0.05) is 12.7 Å². The Morgan fingerprint density at radius 3 is 2.71 bits per heavy atom. The lowest BCUT2D eigenvalue weighted by atomic mass is 10.1. The number of carbonyl (C=O) groups is 2. The van der Waals surface area contributed by atoms with E-state index in [9.17, 15) is 14.0 Å². The van der Waals surface area contributed by atoms with Gasteiger partial charge < -0.3 is 10.1 Å². The number of halogens is 1. The fourth-order valence-electron chi connectivity index (χ4n) is 3.00. The summed E-state index contributed by atoms with van der Waals surface area (Å²) in [5, 5.41) is 2.59. The largest absolute Gasteiger partial charge is 0.452 e. The van der Waals surface area contributed by atoms with E-state index in [0.29, 0.717) is 16.9 Å². The van der Waals surface area contributed by atoms with Gasteiger partial charge in [-0.05, 0) is 48.4 Å². The lowest BCUT2D eigenvalue weighted by Crippen LogP contribution is -2.28. The average Bonchev–Trinajstić information content (AvgIpc) is 3.22. The molecule has 1 N–H and O–H groups in total. The Labute approximate surface area is 177 Å². The highest BCUT2D eigenvalue weighted by molar-refractivity contribution is 5.91. The Morgan fingerprint density at radius 2 is 1.94 bits per heavy atom. The van der Waals surface area contributed by atoms with E-state index in [-0.39, 0.29) is 17.9 Å². The van der Waals surface area contributed by atoms with Crippen molar-refractivity contribution in [1.82, 2.24) is 19.9 Å². The van der Waals surface area contributed by atoms with Gasteiger partial charge in [-0.1, -0.05) is 24.3 Å². The van der Waals surface area contributed by atoms with E-state index in [1.807, 2.05) is 28.8 Å². The van der Waals surface area contributed by atoms with Crippen molar-refractivity contribution in [3.05, 3.63) is 89.6 Å². The van der Waals surface area contributed by atoms with Crippen LogP contribution < -0.4 is 5.32 Å². The first-order valence-corrected chi connectivity index (χ1v) is 9.58. The number of esters is 1. The molecule has 0 atom stereocenters. The van der Waals surface area contributed by atoms with E-state index in [2.05, 4.69) is 15.3 Å². The van der Waals surface area contributed by atoms with Crippen molar-refractivity contribution in [1.29, 1.82) is 0 Å². The maximum absolute atomic E-state index is 13.5. The highest BCUT2D eigenvalue weighted by atomic mass is 19.1. The van der Waals surface area contributed by atoms with E-state index >= 15 is 0 Å². The lowest BCUT2D eigenvalue weighted by Gasteiger charge is -2.08. The monoisotopic (exact) mass is 418 g/mol. The molecule has 4 aromatic rings. The molecule has 0 spiro atoms. The maximum atomic E-state index is 13.5. The molecule has 0 saturated heterocycles. The summed E-state index contributed by atoms with van der Waals surface area (Å²) < 4.78 is 20.4. The summed E-state index contributed by atoms with van der Waals surface area (Å²) in [6.45, 7) is 1.36. The van der Waals surface area contributed by atoms with Crippen LogP contribution in [-0.2, 0) is 16.1 Å². The number of imidazole rings is 1. The number of amides is 1. The Hall–Kier alpha value is -4.07. The summed E-state index contributed by atoms with van der Waals surface area (Å²) >= 11 is 0. The van der Waals surface area contributed by atoms with Crippen molar-refractivity contribution in [3.63, 3.8) is 0 Å². The summed E-state index contributed by atoms with van der Waals surface area (Å²) in [5.41, 5.74) is 3.11. The molecular formula is C23H19FN4O3. The van der Waals surface area contributed by atoms with Gasteiger partial charge in [0.15, 0.2) is 6.61 Å². The molecule has 2 aromatic carbocycles. The standard InChI is InChI=1S/C23H19FN4O3/c1-15-6-7-16(10-18(15)24)11-26-22(29)13-31-23(30)17-8-9-21(25-12-17)28-14-27-19-4-2-3-5-20(19)28/h2-10,12,14H,11,13H2,1H3,(H,26,29). The minimum absolute atomic E-state index is 0.142. The summed E-state index contributed by atoms with van der Waals surface area (Å²) in [7, 11) is 0. The van der Waals surface area contributed by atoms with Crippen LogP contribution >= 0.6 is 0 Å². The van der Waals surface area contributed by atoms with Crippen molar-refractivity contribution in [3.8, 4) is 5.82 Å². The topological polar surface area (TPSA) is 86.1 Å². The Kier molecular flexibility index (Phi) is 5.70. The van der Waals surface area contributed by atoms with Crippen molar-refractivity contribution >= 4 is 22.9 Å². The van der Waals surface area contributed by atoms with Crippen molar-refractivity contribution < 1.29 is 18.7 Å². The highest BCUT2D eigenvalue weighted by Crippen LogP contribution is 2.16. The molecule has 156 valence electrons. The van der Waals surface area contributed by atoms with Crippen molar-refractivity contribution in [2.75, 3.05) is 6.61 Å². The number of hydrogen-bond donors (Lipinski definition) is 1. The van der Waals surface area contributed by atoms with E-state index in [4.69, 9.17) is 4.74 Å². The number of pyridine rings is 1. The minimum Gasteiger partial charge on any atom is -0.452 e. The van der Waals surface area contributed by atoms with E-state index in [1.54, 1.807) is 37.5 Å². The van der Waals surface area contributed by atoms with Gasteiger partial charge in [0.1, 0.15) is 18.0 Å². The average molecular weight is 418 g/mol. The number of nitrogens with one attached hydrogen (secondary N) is 1. The maximum Gasteiger partial charge on any atom is 0.340 e. The molecule has 0 aliphatic rings. The third-order valence-electron chi connectivity index (χ3n) is 4.74. The normalized spacial score (nSPS) is 10.8. The van der Waals surface area contributed by atoms with E-state index in [1.165, 1.54) is 12.3 Å². The smallest absolute Gasteiger partial charge is 0.340 e. The second-order valence-electron chi connectivity index (χ2n) is 6.94. The third kappa shape index (κ3) is 4.58. The summed E-state index contributed by atoms with van der Waals surface area (Å²) in [6.07, 6.45) is 3.05. The number of fused-ring (bicyclic) bond motifs is 1. The zero-order valence-electron chi connectivity index (χ0n) is 16.7. The van der Waals surface area contributed by atoms with E-state index < -0.39 is 18.5 Å². The number of para-hydroxylation sites is 2. The molecule has 0 radical (unpaired) electrons. The van der Waals surface area contributed by atoms with Crippen molar-refractivity contribution in [2.45, 2.75) is 13.5 Å². The Balaban J connectivity index is 1.32. The van der Waals surface area contributed by atoms with Crippen LogP contribution in [0.2, 0.25) is 0 Å². The first-order chi connectivity index (χ1) is 15.0. The number of hydrogen-bond acceptors (Lipinski definition) is 5. The quantitative estimate of drug-likeness (QED) is 0.486. The van der Waals surface area contributed by atoms with Gasteiger partial charge in [0.2, 0.25) is 0 Å². The zero-order valence-corrected chi connectivity index (χ0v) is 16.7. The Bertz CT molecular complexity index is 1250. The van der Waals surface area contributed by atoms with Gasteiger partial charge in [-0.2, -0.15) is 0 Å². The molecule has 31 heavy (non-hydrogen) atoms. The summed E-state index contributed by atoms with van der Waals surface area (Å²) in [4.78, 5) is 32.7. The van der Waals surface area contributed by atoms with Gasteiger partial charge in [-0.15, -0.1) is 0 Å². The molecule has 4 rings (SSSR count). The van der Waals surface area contributed by atoms with Gasteiger partial charge in [0.05, 0.1) is 16.6 Å². The molecule has 1 amide bonds. The van der Waals surface area contributed by atoms with Crippen LogP contribution in [0.5, 0.6) is 0 Å². The van der Waals surface area contributed by atoms with Crippen LogP contribution in [0.1, 0.15) is 21.5 Å². The first-order valence-electron chi connectivity index (χ1n) is 9.58. The fraction of sp³-hybridized carbons (Fsp3) is 0.130. The molecule has 7 nitrogen and oxygen atoms in total. The van der Waals surface area contributed by atoms with Crippen LogP contribution in [0, 0.1) is 12.7 Å². The number of aryl methyl sites for hydroxylation is 1. The Morgan fingerprint density at radius 1 is 1.10 bits per heavy atom. The van der Waals surface area contributed by atoms with Crippen LogP contribution in [-0.4, -0.2) is 33.0 Å². The highest BCUT2D eigenvalue weighted by Gasteiger charge is 2.12. The van der Waals surface area contributed by atoms with Crippen LogP contribution in [0.3, 0.4) is 0 Å². The molecule has 0 fully saturated rings. The number of benzene rings is 2. The second-order valence-corrected chi connectivity index (χ2v) is 6.94. The summed E-state index contributed by atoms with van der Waals surface area (Å²) in [5.74, 6) is -0.874.